The molecule has 0 saturated carbocycles. The minimum Gasteiger partial charge on any atom is -0.496 e. The van der Waals surface area contributed by atoms with Gasteiger partial charge in [-0.05, 0) is 32.4 Å². The number of hydrogen-bond acceptors (Lipinski definition) is 7. The van der Waals surface area contributed by atoms with E-state index >= 15 is 0 Å². The molecule has 7 heteroatoms. The van der Waals surface area contributed by atoms with E-state index < -0.39 is 29.4 Å². The summed E-state index contributed by atoms with van der Waals surface area (Å²) in [6.07, 6.45) is -2.00. The third-order valence-electron chi connectivity index (χ3n) is 4.53. The molecule has 0 saturated heterocycles. The van der Waals surface area contributed by atoms with Gasteiger partial charge in [-0.3, -0.25) is 4.79 Å². The zero-order valence-electron chi connectivity index (χ0n) is 16.2. The van der Waals surface area contributed by atoms with Gasteiger partial charge in [-0.25, -0.2) is 4.79 Å². The lowest BCUT2D eigenvalue weighted by atomic mass is 9.91. The predicted octanol–water partition coefficient (Wildman–Crippen LogP) is 2.56. The highest BCUT2D eigenvalue weighted by Crippen LogP contribution is 2.36. The summed E-state index contributed by atoms with van der Waals surface area (Å²) in [6.45, 7) is 6.48. The van der Waals surface area contributed by atoms with Crippen LogP contribution in [-0.2, 0) is 9.53 Å². The summed E-state index contributed by atoms with van der Waals surface area (Å²) in [5.41, 5.74) is -1.41. The van der Waals surface area contributed by atoms with Crippen LogP contribution < -0.4 is 10.4 Å². The van der Waals surface area contributed by atoms with Crippen molar-refractivity contribution in [3.8, 4) is 5.75 Å². The van der Waals surface area contributed by atoms with Crippen molar-refractivity contribution >= 4 is 16.9 Å². The van der Waals surface area contributed by atoms with E-state index in [9.17, 15) is 19.8 Å². The number of benzene rings is 1. The number of methoxy groups -OCH3 is 1. The molecule has 0 radical (unpaired) electrons. The van der Waals surface area contributed by atoms with E-state index in [0.29, 0.717) is 23.0 Å². The Balaban J connectivity index is 2.50. The van der Waals surface area contributed by atoms with Crippen molar-refractivity contribution < 1.29 is 28.9 Å². The minimum absolute atomic E-state index is 0.248. The molecule has 0 aliphatic heterocycles. The fourth-order valence-corrected chi connectivity index (χ4v) is 2.69. The average molecular weight is 378 g/mol. The predicted molar refractivity (Wildman–Crippen MR) is 99.6 cm³/mol. The van der Waals surface area contributed by atoms with E-state index in [1.807, 2.05) is 6.92 Å². The molecule has 27 heavy (non-hydrogen) atoms. The Kier molecular flexibility index (Phi) is 6.28. The minimum atomic E-state index is -1.51. The highest BCUT2D eigenvalue weighted by Gasteiger charge is 2.39. The third kappa shape index (κ3) is 4.67. The number of carbonyl (C=O) groups is 1. The summed E-state index contributed by atoms with van der Waals surface area (Å²) in [4.78, 5) is 23.7. The lowest BCUT2D eigenvalue weighted by Crippen LogP contribution is -2.44. The van der Waals surface area contributed by atoms with Crippen LogP contribution in [0.4, 0.5) is 0 Å². The summed E-state index contributed by atoms with van der Waals surface area (Å²) in [6, 6.07) is 5.88. The van der Waals surface area contributed by atoms with Gasteiger partial charge < -0.3 is 24.1 Å². The molecular weight excluding hydrogens is 352 g/mol. The molecule has 0 fully saturated rings. The lowest BCUT2D eigenvalue weighted by molar-refractivity contribution is -0.180. The maximum Gasteiger partial charge on any atom is 0.336 e. The maximum absolute atomic E-state index is 12.2. The molecule has 1 aromatic heterocycles. The Morgan fingerprint density at radius 3 is 2.52 bits per heavy atom. The molecule has 2 N–H and O–H groups in total. The number of esters is 1. The lowest BCUT2D eigenvalue weighted by Gasteiger charge is -2.34. The zero-order valence-corrected chi connectivity index (χ0v) is 16.2. The fourth-order valence-electron chi connectivity index (χ4n) is 2.69. The van der Waals surface area contributed by atoms with Crippen LogP contribution in [0, 0.1) is 5.92 Å². The van der Waals surface area contributed by atoms with Gasteiger partial charge in [0.05, 0.1) is 18.6 Å². The van der Waals surface area contributed by atoms with Gasteiger partial charge in [0.2, 0.25) is 0 Å². The first-order chi connectivity index (χ1) is 12.6. The quantitative estimate of drug-likeness (QED) is 0.563. The number of hydrogen-bond donors (Lipinski definition) is 2. The molecule has 0 aliphatic rings. The van der Waals surface area contributed by atoms with Gasteiger partial charge in [-0.2, -0.15) is 0 Å². The van der Waals surface area contributed by atoms with Gasteiger partial charge in [-0.1, -0.05) is 13.8 Å². The molecule has 1 unspecified atom stereocenters. The van der Waals surface area contributed by atoms with E-state index in [0.717, 1.165) is 0 Å². The number of carbonyl (C=O) groups excluding carboxylic acids is 1. The molecule has 0 aliphatic carbocycles. The van der Waals surface area contributed by atoms with E-state index in [-0.39, 0.29) is 11.7 Å². The van der Waals surface area contributed by atoms with Crippen molar-refractivity contribution in [2.45, 2.75) is 51.9 Å². The van der Waals surface area contributed by atoms with Crippen LogP contribution >= 0.6 is 0 Å². The average Bonchev–Trinajstić information content (AvgIpc) is 2.62. The van der Waals surface area contributed by atoms with Crippen LogP contribution in [0.3, 0.4) is 0 Å². The molecular formula is C20H26O7. The second-order valence-corrected chi connectivity index (χ2v) is 7.15. The first-order valence-electron chi connectivity index (χ1n) is 8.81. The Hall–Kier alpha value is -2.38. The molecule has 2 aromatic rings. The van der Waals surface area contributed by atoms with Gasteiger partial charge in [0.15, 0.2) is 6.10 Å². The maximum atomic E-state index is 12.2. The normalized spacial score (nSPS) is 15.2. The van der Waals surface area contributed by atoms with E-state index in [1.165, 1.54) is 33.1 Å². The smallest absolute Gasteiger partial charge is 0.336 e. The summed E-state index contributed by atoms with van der Waals surface area (Å²) in [5.74, 6) is -0.623. The number of rotatable bonds is 7. The Morgan fingerprint density at radius 1 is 1.30 bits per heavy atom. The summed E-state index contributed by atoms with van der Waals surface area (Å²) < 4.78 is 15.9. The Labute approximate surface area is 157 Å². The summed E-state index contributed by atoms with van der Waals surface area (Å²) >= 11 is 0. The van der Waals surface area contributed by atoms with Crippen molar-refractivity contribution in [1.29, 1.82) is 0 Å². The van der Waals surface area contributed by atoms with Crippen LogP contribution in [0.15, 0.2) is 33.5 Å². The molecule has 7 nitrogen and oxygen atoms in total. The van der Waals surface area contributed by atoms with Crippen LogP contribution in [0.5, 0.6) is 5.75 Å². The van der Waals surface area contributed by atoms with Crippen molar-refractivity contribution in [2.24, 2.45) is 5.92 Å². The molecule has 0 bridgehead atoms. The number of ether oxygens (including phenoxy) is 2. The molecule has 148 valence electrons. The number of fused-ring (bicyclic) bond motifs is 1. The molecule has 0 spiro atoms. The van der Waals surface area contributed by atoms with Crippen molar-refractivity contribution in [3.63, 3.8) is 0 Å². The molecule has 1 heterocycles. The fraction of sp³-hybridized carbons (Fsp3) is 0.500. The standard InChI is InChI=1S/C20H26O7/c1-6-11(2)19(23)27-18(20(3,4)24)17(22)13-9-12-7-8-16(21)26-14(12)10-15(13)25-5/h7-11,17-18,22,24H,6H2,1-5H3/t11?,17-,18+/m1/s1. The van der Waals surface area contributed by atoms with Crippen LogP contribution in [0.1, 0.15) is 45.8 Å². The highest BCUT2D eigenvalue weighted by molar-refractivity contribution is 5.79. The van der Waals surface area contributed by atoms with E-state index in [1.54, 1.807) is 19.1 Å². The van der Waals surface area contributed by atoms with Crippen molar-refractivity contribution in [2.75, 3.05) is 7.11 Å². The second kappa shape index (κ2) is 8.10. The van der Waals surface area contributed by atoms with Gasteiger partial charge in [0.1, 0.15) is 17.4 Å². The summed E-state index contributed by atoms with van der Waals surface area (Å²) in [5, 5.41) is 22.0. The van der Waals surface area contributed by atoms with Crippen molar-refractivity contribution in [1.82, 2.24) is 0 Å². The van der Waals surface area contributed by atoms with Crippen LogP contribution in [0.25, 0.3) is 11.0 Å². The first-order valence-corrected chi connectivity index (χ1v) is 8.81. The van der Waals surface area contributed by atoms with Crippen molar-refractivity contribution in [3.05, 3.63) is 40.2 Å². The second-order valence-electron chi connectivity index (χ2n) is 7.15. The monoisotopic (exact) mass is 378 g/mol. The number of aliphatic hydroxyl groups excluding tert-OH is 1. The van der Waals surface area contributed by atoms with E-state index in [2.05, 4.69) is 0 Å². The van der Waals surface area contributed by atoms with Crippen LogP contribution in [-0.4, -0.2) is 35.0 Å². The van der Waals surface area contributed by atoms with Gasteiger partial charge in [0, 0.05) is 23.1 Å². The number of aliphatic hydroxyl groups is 2. The Morgan fingerprint density at radius 2 is 1.96 bits per heavy atom. The van der Waals surface area contributed by atoms with Crippen LogP contribution in [0.2, 0.25) is 0 Å². The molecule has 2 rings (SSSR count). The van der Waals surface area contributed by atoms with Gasteiger partial charge >= 0.3 is 11.6 Å². The van der Waals surface area contributed by atoms with Gasteiger partial charge in [0.25, 0.3) is 0 Å². The Bertz CT molecular complexity index is 863. The highest BCUT2D eigenvalue weighted by atomic mass is 16.6. The summed E-state index contributed by atoms with van der Waals surface area (Å²) in [7, 11) is 1.41. The first kappa shape index (κ1) is 20.9. The third-order valence-corrected chi connectivity index (χ3v) is 4.53. The zero-order chi connectivity index (χ0) is 20.4. The van der Waals surface area contributed by atoms with Gasteiger partial charge in [-0.15, -0.1) is 0 Å². The largest absolute Gasteiger partial charge is 0.496 e. The van der Waals surface area contributed by atoms with E-state index in [4.69, 9.17) is 13.9 Å². The topological polar surface area (TPSA) is 106 Å². The SMILES string of the molecule is CCC(C)C(=O)O[C@@H]([C@H](O)c1cc2ccc(=O)oc2cc1OC)C(C)(C)O. The molecule has 0 amide bonds. The molecule has 3 atom stereocenters. The molecule has 1 aromatic carbocycles.